The van der Waals surface area contributed by atoms with E-state index in [1.807, 2.05) is 18.3 Å². The van der Waals surface area contributed by atoms with Crippen molar-refractivity contribution >= 4 is 28.0 Å². The van der Waals surface area contributed by atoms with Crippen molar-refractivity contribution in [2.75, 3.05) is 57.2 Å². The average Bonchev–Trinajstić information content (AvgIpc) is 2.88. The first-order chi connectivity index (χ1) is 16.1. The summed E-state index contributed by atoms with van der Waals surface area (Å²) in [5.74, 6) is 0.863. The molecule has 0 N–H and O–H groups in total. The van der Waals surface area contributed by atoms with Crippen LogP contribution in [-0.4, -0.2) is 57.3 Å². The van der Waals surface area contributed by atoms with Crippen LogP contribution in [0.15, 0.2) is 79.0 Å². The number of methoxy groups -OCH3 is 1. The topological polar surface area (TPSA) is 31.8 Å². The van der Waals surface area contributed by atoms with Crippen molar-refractivity contribution in [1.82, 2.24) is 9.88 Å². The summed E-state index contributed by atoms with van der Waals surface area (Å²) in [6, 6.07) is 25.6. The second-order valence-corrected chi connectivity index (χ2v) is 8.66. The Morgan fingerprint density at radius 1 is 0.818 bits per heavy atom. The second-order valence-electron chi connectivity index (χ2n) is 8.66. The Labute approximate surface area is 195 Å². The number of piperazine rings is 1. The number of likely N-dealkylation sites (N-methyl/N-ethyl adjacent to an activating group) is 1. The van der Waals surface area contributed by atoms with Gasteiger partial charge in [-0.15, -0.1) is 0 Å². The molecule has 2 heterocycles. The van der Waals surface area contributed by atoms with Gasteiger partial charge < -0.3 is 19.4 Å². The zero-order valence-corrected chi connectivity index (χ0v) is 19.5. The molecular weight excluding hydrogens is 408 g/mol. The summed E-state index contributed by atoms with van der Waals surface area (Å²) in [5.41, 5.74) is 6.91. The Morgan fingerprint density at radius 2 is 1.52 bits per heavy atom. The van der Waals surface area contributed by atoms with Crippen molar-refractivity contribution in [1.29, 1.82) is 0 Å². The van der Waals surface area contributed by atoms with Crippen LogP contribution >= 0.6 is 0 Å². The fourth-order valence-corrected chi connectivity index (χ4v) is 4.48. The first-order valence-corrected chi connectivity index (χ1v) is 11.4. The van der Waals surface area contributed by atoms with Gasteiger partial charge in [0.15, 0.2) is 0 Å². The summed E-state index contributed by atoms with van der Waals surface area (Å²) in [4.78, 5) is 11.7. The molecule has 1 aliphatic rings. The van der Waals surface area contributed by atoms with E-state index in [1.54, 1.807) is 7.11 Å². The van der Waals surface area contributed by atoms with E-state index in [0.717, 1.165) is 59.8 Å². The number of aromatic nitrogens is 1. The van der Waals surface area contributed by atoms with Gasteiger partial charge in [-0.2, -0.15) is 0 Å². The maximum atomic E-state index is 5.30. The molecular formula is C28H30N4O. The Kier molecular flexibility index (Phi) is 5.88. The summed E-state index contributed by atoms with van der Waals surface area (Å²) >= 11 is 0. The molecule has 1 fully saturated rings. The number of pyridine rings is 1. The van der Waals surface area contributed by atoms with E-state index < -0.39 is 0 Å². The van der Waals surface area contributed by atoms with Crippen molar-refractivity contribution < 1.29 is 4.74 Å². The SMILES string of the molecule is COc1ccc(-c2ccc3nccc(N(C)c4ccc(N5CCN(C)CC5)cc4)c3c2)cc1. The molecule has 0 saturated carbocycles. The van der Waals surface area contributed by atoms with Crippen molar-refractivity contribution in [3.63, 3.8) is 0 Å². The third-order valence-electron chi connectivity index (χ3n) is 6.61. The molecule has 5 heteroatoms. The van der Waals surface area contributed by atoms with E-state index in [-0.39, 0.29) is 0 Å². The molecule has 1 aliphatic heterocycles. The van der Waals surface area contributed by atoms with Crippen molar-refractivity contribution in [3.8, 4) is 16.9 Å². The minimum atomic E-state index is 0.863. The molecule has 0 spiro atoms. The number of fused-ring (bicyclic) bond motifs is 1. The molecule has 5 nitrogen and oxygen atoms in total. The smallest absolute Gasteiger partial charge is 0.118 e. The fraction of sp³-hybridized carbons (Fsp3) is 0.250. The number of anilines is 3. The molecule has 0 atom stereocenters. The fourth-order valence-electron chi connectivity index (χ4n) is 4.48. The number of ether oxygens (including phenoxy) is 1. The van der Waals surface area contributed by atoms with Gasteiger partial charge in [0.25, 0.3) is 0 Å². The average molecular weight is 439 g/mol. The van der Waals surface area contributed by atoms with E-state index in [4.69, 9.17) is 4.74 Å². The maximum Gasteiger partial charge on any atom is 0.118 e. The van der Waals surface area contributed by atoms with Gasteiger partial charge in [-0.1, -0.05) is 18.2 Å². The zero-order valence-electron chi connectivity index (χ0n) is 19.5. The van der Waals surface area contributed by atoms with Crippen LogP contribution in [0, 0.1) is 0 Å². The Morgan fingerprint density at radius 3 is 2.21 bits per heavy atom. The van der Waals surface area contributed by atoms with Gasteiger partial charge in [-0.25, -0.2) is 0 Å². The standard InChI is InChI=1S/C28H30N4O/c1-30-16-18-32(19-17-30)24-9-7-23(8-10-24)31(2)28-14-15-29-27-13-6-22(20-26(27)28)21-4-11-25(33-3)12-5-21/h4-15,20H,16-19H2,1-3H3. The molecule has 0 radical (unpaired) electrons. The molecule has 0 bridgehead atoms. The van der Waals surface area contributed by atoms with Gasteiger partial charge in [-0.05, 0) is 72.8 Å². The van der Waals surface area contributed by atoms with Gasteiger partial charge in [-0.3, -0.25) is 4.98 Å². The second kappa shape index (κ2) is 9.12. The molecule has 33 heavy (non-hydrogen) atoms. The maximum absolute atomic E-state index is 5.30. The van der Waals surface area contributed by atoms with Crippen LogP contribution in [0.3, 0.4) is 0 Å². The molecule has 0 amide bonds. The van der Waals surface area contributed by atoms with Crippen LogP contribution in [0.1, 0.15) is 0 Å². The number of rotatable bonds is 5. The summed E-state index contributed by atoms with van der Waals surface area (Å²) in [6.07, 6.45) is 1.89. The van der Waals surface area contributed by atoms with E-state index >= 15 is 0 Å². The van der Waals surface area contributed by atoms with Gasteiger partial charge in [0.1, 0.15) is 5.75 Å². The van der Waals surface area contributed by atoms with E-state index in [0.29, 0.717) is 0 Å². The highest BCUT2D eigenvalue weighted by atomic mass is 16.5. The zero-order chi connectivity index (χ0) is 22.8. The number of hydrogen-bond donors (Lipinski definition) is 0. The van der Waals surface area contributed by atoms with Gasteiger partial charge in [0.2, 0.25) is 0 Å². The molecule has 4 aromatic rings. The molecule has 0 unspecified atom stereocenters. The Hall–Kier alpha value is -3.57. The number of hydrogen-bond acceptors (Lipinski definition) is 5. The molecule has 3 aromatic carbocycles. The summed E-state index contributed by atoms with van der Waals surface area (Å²) in [7, 11) is 6.00. The highest BCUT2D eigenvalue weighted by molar-refractivity contribution is 5.96. The highest BCUT2D eigenvalue weighted by Gasteiger charge is 2.15. The molecule has 5 rings (SSSR count). The summed E-state index contributed by atoms with van der Waals surface area (Å²) < 4.78 is 5.30. The van der Waals surface area contributed by atoms with Crippen molar-refractivity contribution in [3.05, 3.63) is 79.0 Å². The van der Waals surface area contributed by atoms with E-state index in [9.17, 15) is 0 Å². The van der Waals surface area contributed by atoms with Crippen LogP contribution < -0.4 is 14.5 Å². The third-order valence-corrected chi connectivity index (χ3v) is 6.61. The lowest BCUT2D eigenvalue weighted by Gasteiger charge is -2.34. The van der Waals surface area contributed by atoms with Gasteiger partial charge in [0.05, 0.1) is 18.3 Å². The Bertz CT molecular complexity index is 1230. The summed E-state index contributed by atoms with van der Waals surface area (Å²) in [5, 5.41) is 1.14. The molecule has 1 aromatic heterocycles. The van der Waals surface area contributed by atoms with Crippen LogP contribution in [0.25, 0.3) is 22.0 Å². The van der Waals surface area contributed by atoms with Crippen LogP contribution in [0.4, 0.5) is 17.1 Å². The van der Waals surface area contributed by atoms with Gasteiger partial charge in [0, 0.05) is 56.2 Å². The lowest BCUT2D eigenvalue weighted by atomic mass is 10.0. The van der Waals surface area contributed by atoms with Crippen LogP contribution in [0.2, 0.25) is 0 Å². The van der Waals surface area contributed by atoms with Gasteiger partial charge >= 0.3 is 0 Å². The lowest BCUT2D eigenvalue weighted by molar-refractivity contribution is 0.313. The monoisotopic (exact) mass is 438 g/mol. The highest BCUT2D eigenvalue weighted by Crippen LogP contribution is 2.34. The number of nitrogens with zero attached hydrogens (tertiary/aromatic N) is 4. The van der Waals surface area contributed by atoms with Crippen LogP contribution in [0.5, 0.6) is 5.75 Å². The predicted octanol–water partition coefficient (Wildman–Crippen LogP) is 5.43. The van der Waals surface area contributed by atoms with Crippen molar-refractivity contribution in [2.24, 2.45) is 0 Å². The van der Waals surface area contributed by atoms with Crippen LogP contribution in [-0.2, 0) is 0 Å². The molecule has 1 saturated heterocycles. The number of benzene rings is 3. The Balaban J connectivity index is 1.44. The summed E-state index contributed by atoms with van der Waals surface area (Å²) in [6.45, 7) is 4.38. The minimum Gasteiger partial charge on any atom is -0.497 e. The molecule has 168 valence electrons. The minimum absolute atomic E-state index is 0.863. The predicted molar refractivity (Wildman–Crippen MR) is 138 cm³/mol. The van der Waals surface area contributed by atoms with E-state index in [2.05, 4.69) is 94.4 Å². The first-order valence-electron chi connectivity index (χ1n) is 11.4. The third kappa shape index (κ3) is 4.37. The normalized spacial score (nSPS) is 14.5. The quantitative estimate of drug-likeness (QED) is 0.415. The lowest BCUT2D eigenvalue weighted by Crippen LogP contribution is -2.44. The first kappa shape index (κ1) is 21.3. The largest absolute Gasteiger partial charge is 0.497 e. The van der Waals surface area contributed by atoms with E-state index in [1.165, 1.54) is 11.3 Å². The molecule has 0 aliphatic carbocycles. The van der Waals surface area contributed by atoms with Crippen molar-refractivity contribution in [2.45, 2.75) is 0 Å².